The standard InChI is InChI=1S/C14H19NO3/c1-3-4-7-11(16)9-10-6-5-8-12(13(10)15)14(17)18-2/h5-6,8H,3-4,7,9,15H2,1-2H3. The van der Waals surface area contributed by atoms with Crippen LogP contribution >= 0.6 is 0 Å². The first-order chi connectivity index (χ1) is 8.60. The van der Waals surface area contributed by atoms with E-state index in [0.717, 1.165) is 12.8 Å². The van der Waals surface area contributed by atoms with Gasteiger partial charge in [0.05, 0.1) is 12.7 Å². The van der Waals surface area contributed by atoms with E-state index < -0.39 is 5.97 Å². The fourth-order valence-electron chi connectivity index (χ4n) is 1.73. The van der Waals surface area contributed by atoms with Gasteiger partial charge in [0, 0.05) is 18.5 Å². The first-order valence-corrected chi connectivity index (χ1v) is 6.07. The molecule has 0 aliphatic heterocycles. The zero-order valence-electron chi connectivity index (χ0n) is 10.9. The second kappa shape index (κ2) is 6.79. The maximum Gasteiger partial charge on any atom is 0.339 e. The van der Waals surface area contributed by atoms with Gasteiger partial charge in [0.15, 0.2) is 0 Å². The van der Waals surface area contributed by atoms with Crippen molar-refractivity contribution in [2.45, 2.75) is 32.6 Å². The maximum absolute atomic E-state index is 11.7. The summed E-state index contributed by atoms with van der Waals surface area (Å²) in [6.45, 7) is 2.04. The predicted molar refractivity (Wildman–Crippen MR) is 70.4 cm³/mol. The molecule has 0 fully saturated rings. The Morgan fingerprint density at radius 1 is 1.33 bits per heavy atom. The first kappa shape index (κ1) is 14.2. The summed E-state index contributed by atoms with van der Waals surface area (Å²) < 4.78 is 4.64. The quantitative estimate of drug-likeness (QED) is 0.620. The molecule has 1 rings (SSSR count). The molecule has 4 heteroatoms. The van der Waals surface area contributed by atoms with E-state index in [-0.39, 0.29) is 12.2 Å². The van der Waals surface area contributed by atoms with Crippen LogP contribution < -0.4 is 5.73 Å². The summed E-state index contributed by atoms with van der Waals surface area (Å²) in [7, 11) is 1.31. The molecule has 4 nitrogen and oxygen atoms in total. The number of para-hydroxylation sites is 1. The van der Waals surface area contributed by atoms with Crippen LogP contribution in [-0.2, 0) is 16.0 Å². The smallest absolute Gasteiger partial charge is 0.339 e. The van der Waals surface area contributed by atoms with Gasteiger partial charge < -0.3 is 10.5 Å². The molecule has 0 saturated heterocycles. The van der Waals surface area contributed by atoms with E-state index in [1.807, 2.05) is 6.92 Å². The molecule has 0 heterocycles. The van der Waals surface area contributed by atoms with Gasteiger partial charge in [0.25, 0.3) is 0 Å². The predicted octanol–water partition coefficient (Wildman–Crippen LogP) is 2.36. The molecule has 0 aromatic heterocycles. The Balaban J connectivity index is 2.84. The molecule has 0 bridgehead atoms. The SMILES string of the molecule is CCCCC(=O)Cc1cccc(C(=O)OC)c1N. The Kier molecular flexibility index (Phi) is 5.36. The third-order valence-corrected chi connectivity index (χ3v) is 2.80. The summed E-state index contributed by atoms with van der Waals surface area (Å²) in [6, 6.07) is 5.08. The van der Waals surface area contributed by atoms with E-state index in [1.165, 1.54) is 7.11 Å². The van der Waals surface area contributed by atoms with Crippen LogP contribution in [-0.4, -0.2) is 18.9 Å². The fraction of sp³-hybridized carbons (Fsp3) is 0.429. The lowest BCUT2D eigenvalue weighted by atomic mass is 10.0. The molecular formula is C14H19NO3. The van der Waals surface area contributed by atoms with Crippen molar-refractivity contribution in [3.8, 4) is 0 Å². The highest BCUT2D eigenvalue weighted by Gasteiger charge is 2.14. The minimum absolute atomic E-state index is 0.144. The van der Waals surface area contributed by atoms with Gasteiger partial charge in [0.1, 0.15) is 5.78 Å². The summed E-state index contributed by atoms with van der Waals surface area (Å²) in [5.41, 5.74) is 7.24. The van der Waals surface area contributed by atoms with Crippen LogP contribution in [0, 0.1) is 0 Å². The molecule has 2 N–H and O–H groups in total. The summed E-state index contributed by atoms with van der Waals surface area (Å²) in [5.74, 6) is -0.332. The Morgan fingerprint density at radius 3 is 2.67 bits per heavy atom. The van der Waals surface area contributed by atoms with E-state index in [4.69, 9.17) is 5.73 Å². The van der Waals surface area contributed by atoms with Crippen LogP contribution in [0.25, 0.3) is 0 Å². The van der Waals surface area contributed by atoms with Gasteiger partial charge in [-0.15, -0.1) is 0 Å². The number of hydrogen-bond donors (Lipinski definition) is 1. The number of esters is 1. The summed E-state index contributed by atoms with van der Waals surface area (Å²) >= 11 is 0. The second-order valence-electron chi connectivity index (χ2n) is 4.19. The Hall–Kier alpha value is -1.84. The molecular weight excluding hydrogens is 230 g/mol. The van der Waals surface area contributed by atoms with E-state index in [1.54, 1.807) is 18.2 Å². The molecule has 98 valence electrons. The normalized spacial score (nSPS) is 10.1. The molecule has 0 aliphatic carbocycles. The van der Waals surface area contributed by atoms with Crippen molar-refractivity contribution in [3.05, 3.63) is 29.3 Å². The van der Waals surface area contributed by atoms with Gasteiger partial charge in [-0.1, -0.05) is 25.5 Å². The lowest BCUT2D eigenvalue weighted by molar-refractivity contribution is -0.118. The van der Waals surface area contributed by atoms with Gasteiger partial charge in [-0.25, -0.2) is 4.79 Å². The van der Waals surface area contributed by atoms with Crippen molar-refractivity contribution in [3.63, 3.8) is 0 Å². The number of ether oxygens (including phenoxy) is 1. The Morgan fingerprint density at radius 2 is 2.06 bits per heavy atom. The van der Waals surface area contributed by atoms with Crippen LogP contribution in [0.15, 0.2) is 18.2 Å². The Bertz CT molecular complexity index is 441. The monoisotopic (exact) mass is 249 g/mol. The van der Waals surface area contributed by atoms with Crippen LogP contribution in [0.2, 0.25) is 0 Å². The number of rotatable bonds is 6. The lowest BCUT2D eigenvalue weighted by Crippen LogP contribution is -2.10. The number of methoxy groups -OCH3 is 1. The molecule has 0 aliphatic rings. The van der Waals surface area contributed by atoms with Gasteiger partial charge in [-0.05, 0) is 18.1 Å². The lowest BCUT2D eigenvalue weighted by Gasteiger charge is -2.09. The van der Waals surface area contributed by atoms with Crippen molar-refractivity contribution in [1.29, 1.82) is 0 Å². The van der Waals surface area contributed by atoms with E-state index >= 15 is 0 Å². The third-order valence-electron chi connectivity index (χ3n) is 2.80. The summed E-state index contributed by atoms with van der Waals surface area (Å²) in [6.07, 6.45) is 2.70. The number of unbranched alkanes of at least 4 members (excludes halogenated alkanes) is 1. The third kappa shape index (κ3) is 3.58. The van der Waals surface area contributed by atoms with Crippen LogP contribution in [0.3, 0.4) is 0 Å². The molecule has 0 spiro atoms. The van der Waals surface area contributed by atoms with Gasteiger partial charge >= 0.3 is 5.97 Å². The van der Waals surface area contributed by atoms with Gasteiger partial charge in [-0.3, -0.25) is 4.79 Å². The number of carbonyl (C=O) groups excluding carboxylic acids is 2. The van der Waals surface area contributed by atoms with Gasteiger partial charge in [-0.2, -0.15) is 0 Å². The fourth-order valence-corrected chi connectivity index (χ4v) is 1.73. The molecule has 0 saturated carbocycles. The average Bonchev–Trinajstić information content (AvgIpc) is 2.38. The molecule has 0 unspecified atom stereocenters. The summed E-state index contributed by atoms with van der Waals surface area (Å²) in [4.78, 5) is 23.2. The van der Waals surface area contributed by atoms with Crippen molar-refractivity contribution in [2.75, 3.05) is 12.8 Å². The topological polar surface area (TPSA) is 69.4 Å². The average molecular weight is 249 g/mol. The van der Waals surface area contributed by atoms with E-state index in [0.29, 0.717) is 23.2 Å². The number of nitrogen functional groups attached to an aromatic ring is 1. The highest BCUT2D eigenvalue weighted by atomic mass is 16.5. The highest BCUT2D eigenvalue weighted by Crippen LogP contribution is 2.19. The molecule has 1 aromatic carbocycles. The summed E-state index contributed by atoms with van der Waals surface area (Å²) in [5, 5.41) is 0. The van der Waals surface area contributed by atoms with Crippen LogP contribution in [0.4, 0.5) is 5.69 Å². The zero-order valence-corrected chi connectivity index (χ0v) is 10.9. The largest absolute Gasteiger partial charge is 0.465 e. The number of nitrogens with two attached hydrogens (primary N) is 1. The minimum atomic E-state index is -0.477. The number of ketones is 1. The van der Waals surface area contributed by atoms with E-state index in [2.05, 4.69) is 4.74 Å². The molecule has 0 radical (unpaired) electrons. The van der Waals surface area contributed by atoms with Crippen LogP contribution in [0.1, 0.15) is 42.1 Å². The maximum atomic E-state index is 11.7. The van der Waals surface area contributed by atoms with Crippen molar-refractivity contribution in [2.24, 2.45) is 0 Å². The molecule has 1 aromatic rings. The van der Waals surface area contributed by atoms with Crippen molar-refractivity contribution >= 4 is 17.4 Å². The minimum Gasteiger partial charge on any atom is -0.465 e. The number of hydrogen-bond acceptors (Lipinski definition) is 4. The van der Waals surface area contributed by atoms with E-state index in [9.17, 15) is 9.59 Å². The van der Waals surface area contributed by atoms with Crippen LogP contribution in [0.5, 0.6) is 0 Å². The first-order valence-electron chi connectivity index (χ1n) is 6.07. The Labute approximate surface area is 107 Å². The number of anilines is 1. The number of carbonyl (C=O) groups is 2. The van der Waals surface area contributed by atoms with Gasteiger partial charge in [0.2, 0.25) is 0 Å². The van der Waals surface area contributed by atoms with Crippen molar-refractivity contribution < 1.29 is 14.3 Å². The number of Topliss-reactive ketones (excluding diaryl/α,β-unsaturated/α-hetero) is 1. The second-order valence-corrected chi connectivity index (χ2v) is 4.19. The molecule has 0 amide bonds. The zero-order chi connectivity index (χ0) is 13.5. The molecule has 0 atom stereocenters. The highest BCUT2D eigenvalue weighted by molar-refractivity contribution is 5.96. The van der Waals surface area contributed by atoms with Crippen molar-refractivity contribution in [1.82, 2.24) is 0 Å². The molecule has 18 heavy (non-hydrogen) atoms. The number of benzene rings is 1.